The fourth-order valence-electron chi connectivity index (χ4n) is 3.42. The Morgan fingerprint density at radius 2 is 2.30 bits per heavy atom. The molecule has 0 aliphatic carbocycles. The van der Waals surface area contributed by atoms with Gasteiger partial charge in [0.2, 0.25) is 5.91 Å². The second-order valence-corrected chi connectivity index (χ2v) is 7.55. The number of aliphatic imine (C=N–C) groups is 1. The van der Waals surface area contributed by atoms with Gasteiger partial charge in [0, 0.05) is 38.2 Å². The lowest BCUT2D eigenvalue weighted by molar-refractivity contribution is -0.123. The van der Waals surface area contributed by atoms with Crippen molar-refractivity contribution in [3.8, 4) is 0 Å². The number of guanidine groups is 1. The van der Waals surface area contributed by atoms with E-state index in [1.54, 1.807) is 0 Å². The summed E-state index contributed by atoms with van der Waals surface area (Å²) in [6, 6.07) is 7.89. The number of rotatable bonds is 8. The number of nitrogens with one attached hydrogen (secondary N) is 1. The summed E-state index contributed by atoms with van der Waals surface area (Å²) in [4.78, 5) is 20.6. The fraction of sp³-hybridized carbons (Fsp3) is 0.600. The van der Waals surface area contributed by atoms with Gasteiger partial charge in [0.1, 0.15) is 0 Å². The summed E-state index contributed by atoms with van der Waals surface area (Å²) in [6.45, 7) is 7.17. The first-order chi connectivity index (χ1) is 13.0. The second-order valence-electron chi connectivity index (χ2n) is 7.12. The van der Waals surface area contributed by atoms with Crippen LogP contribution in [0, 0.1) is 5.92 Å². The molecule has 2 rings (SSSR count). The molecule has 1 atom stereocenters. The van der Waals surface area contributed by atoms with Gasteiger partial charge in [-0.2, -0.15) is 0 Å². The SMILES string of the molecule is CCNC(=NCCCN1CCCC(C(N)=O)C1)N(C)Cc1cccc(Cl)c1. The van der Waals surface area contributed by atoms with Gasteiger partial charge in [-0.05, 0) is 57.0 Å². The molecule has 0 radical (unpaired) electrons. The molecule has 6 nitrogen and oxygen atoms in total. The maximum atomic E-state index is 11.4. The molecule has 7 heteroatoms. The van der Waals surface area contributed by atoms with Gasteiger partial charge < -0.3 is 20.9 Å². The number of carbonyl (C=O) groups is 1. The zero-order chi connectivity index (χ0) is 19.6. The summed E-state index contributed by atoms with van der Waals surface area (Å²) < 4.78 is 0. The predicted molar refractivity (Wildman–Crippen MR) is 112 cm³/mol. The van der Waals surface area contributed by atoms with Crippen molar-refractivity contribution in [1.29, 1.82) is 0 Å². The molecule has 1 aliphatic rings. The Balaban J connectivity index is 1.82. The van der Waals surface area contributed by atoms with Crippen LogP contribution in [-0.4, -0.2) is 61.4 Å². The van der Waals surface area contributed by atoms with Crippen molar-refractivity contribution < 1.29 is 4.79 Å². The number of halogens is 1. The first-order valence-corrected chi connectivity index (χ1v) is 10.1. The molecule has 0 bridgehead atoms. The maximum Gasteiger partial charge on any atom is 0.221 e. The monoisotopic (exact) mass is 393 g/mol. The molecule has 3 N–H and O–H groups in total. The summed E-state index contributed by atoms with van der Waals surface area (Å²) in [5, 5.41) is 4.09. The van der Waals surface area contributed by atoms with Gasteiger partial charge in [-0.15, -0.1) is 0 Å². The molecule has 27 heavy (non-hydrogen) atoms. The first kappa shape index (κ1) is 21.5. The predicted octanol–water partition coefficient (Wildman–Crippen LogP) is 2.32. The third kappa shape index (κ3) is 7.39. The van der Waals surface area contributed by atoms with Crippen LogP contribution in [-0.2, 0) is 11.3 Å². The minimum absolute atomic E-state index is 0.00315. The molecule has 1 saturated heterocycles. The maximum absolute atomic E-state index is 11.4. The molecule has 1 aromatic rings. The highest BCUT2D eigenvalue weighted by Crippen LogP contribution is 2.16. The van der Waals surface area contributed by atoms with Gasteiger partial charge in [0.25, 0.3) is 0 Å². The number of nitrogens with zero attached hydrogens (tertiary/aromatic N) is 3. The molecule has 1 fully saturated rings. The number of nitrogens with two attached hydrogens (primary N) is 1. The molecule has 1 amide bonds. The Morgan fingerprint density at radius 1 is 1.48 bits per heavy atom. The molecular formula is C20H32ClN5O. The molecule has 0 saturated carbocycles. The zero-order valence-corrected chi connectivity index (χ0v) is 17.2. The number of piperidine rings is 1. The second kappa shape index (κ2) is 11.1. The quantitative estimate of drug-likeness (QED) is 0.404. The number of hydrogen-bond donors (Lipinski definition) is 2. The van der Waals surface area contributed by atoms with Crippen LogP contribution in [0.3, 0.4) is 0 Å². The lowest BCUT2D eigenvalue weighted by Gasteiger charge is -2.30. The molecule has 1 aromatic carbocycles. The number of amides is 1. The van der Waals surface area contributed by atoms with E-state index in [-0.39, 0.29) is 11.8 Å². The van der Waals surface area contributed by atoms with E-state index in [9.17, 15) is 4.79 Å². The van der Waals surface area contributed by atoms with Crippen LogP contribution >= 0.6 is 11.6 Å². The van der Waals surface area contributed by atoms with Crippen molar-refractivity contribution in [3.63, 3.8) is 0 Å². The smallest absolute Gasteiger partial charge is 0.221 e. The van der Waals surface area contributed by atoms with E-state index in [1.165, 1.54) is 0 Å². The van der Waals surface area contributed by atoms with Crippen LogP contribution in [0.4, 0.5) is 0 Å². The van der Waals surface area contributed by atoms with Crippen LogP contribution in [0.1, 0.15) is 31.7 Å². The largest absolute Gasteiger partial charge is 0.369 e. The average molecular weight is 394 g/mol. The Bertz CT molecular complexity index is 637. The van der Waals surface area contributed by atoms with Gasteiger partial charge in [-0.25, -0.2) is 0 Å². The number of carbonyl (C=O) groups excluding carboxylic acids is 1. The van der Waals surface area contributed by atoms with E-state index >= 15 is 0 Å². The molecule has 1 unspecified atom stereocenters. The number of hydrogen-bond acceptors (Lipinski definition) is 3. The molecule has 1 heterocycles. The molecule has 0 aromatic heterocycles. The van der Waals surface area contributed by atoms with Crippen LogP contribution in [0.2, 0.25) is 5.02 Å². The van der Waals surface area contributed by atoms with Crippen molar-refractivity contribution in [2.45, 2.75) is 32.7 Å². The van der Waals surface area contributed by atoms with E-state index in [1.807, 2.05) is 25.2 Å². The third-order valence-electron chi connectivity index (χ3n) is 4.81. The van der Waals surface area contributed by atoms with Crippen LogP contribution in [0.25, 0.3) is 0 Å². The van der Waals surface area contributed by atoms with Gasteiger partial charge in [0.15, 0.2) is 5.96 Å². The summed E-state index contributed by atoms with van der Waals surface area (Å²) in [5.41, 5.74) is 6.61. The van der Waals surface area contributed by atoms with Crippen LogP contribution < -0.4 is 11.1 Å². The van der Waals surface area contributed by atoms with Crippen LogP contribution in [0.5, 0.6) is 0 Å². The van der Waals surface area contributed by atoms with E-state index < -0.39 is 0 Å². The highest BCUT2D eigenvalue weighted by Gasteiger charge is 2.23. The lowest BCUT2D eigenvalue weighted by atomic mass is 9.97. The number of likely N-dealkylation sites (tertiary alicyclic amines) is 1. The zero-order valence-electron chi connectivity index (χ0n) is 16.5. The summed E-state index contributed by atoms with van der Waals surface area (Å²) in [6.07, 6.45) is 2.93. The van der Waals surface area contributed by atoms with Crippen molar-refractivity contribution in [2.24, 2.45) is 16.6 Å². The van der Waals surface area contributed by atoms with Crippen molar-refractivity contribution >= 4 is 23.5 Å². The normalized spacial score (nSPS) is 18.3. The van der Waals surface area contributed by atoms with Gasteiger partial charge in [-0.3, -0.25) is 9.79 Å². The summed E-state index contributed by atoms with van der Waals surface area (Å²) in [5.74, 6) is 0.726. The Hall–Kier alpha value is -1.79. The first-order valence-electron chi connectivity index (χ1n) is 9.75. The van der Waals surface area contributed by atoms with E-state index in [0.717, 1.165) is 75.1 Å². The van der Waals surface area contributed by atoms with E-state index in [2.05, 4.69) is 28.1 Å². The highest BCUT2D eigenvalue weighted by molar-refractivity contribution is 6.30. The lowest BCUT2D eigenvalue weighted by Crippen LogP contribution is -2.41. The van der Waals surface area contributed by atoms with Gasteiger partial charge in [-0.1, -0.05) is 23.7 Å². The minimum atomic E-state index is -0.171. The number of primary amides is 1. The van der Waals surface area contributed by atoms with Crippen LogP contribution in [0.15, 0.2) is 29.3 Å². The topological polar surface area (TPSA) is 74.0 Å². The van der Waals surface area contributed by atoms with Crippen molar-refractivity contribution in [1.82, 2.24) is 15.1 Å². The van der Waals surface area contributed by atoms with Crippen molar-refractivity contribution in [2.75, 3.05) is 39.8 Å². The van der Waals surface area contributed by atoms with Gasteiger partial charge >= 0.3 is 0 Å². The molecule has 150 valence electrons. The minimum Gasteiger partial charge on any atom is -0.369 e. The van der Waals surface area contributed by atoms with Gasteiger partial charge in [0.05, 0.1) is 5.92 Å². The Kier molecular flexibility index (Phi) is 8.88. The van der Waals surface area contributed by atoms with Crippen molar-refractivity contribution in [3.05, 3.63) is 34.9 Å². The average Bonchev–Trinajstić information content (AvgIpc) is 2.64. The number of benzene rings is 1. The molecule has 1 aliphatic heterocycles. The fourth-order valence-corrected chi connectivity index (χ4v) is 3.64. The third-order valence-corrected chi connectivity index (χ3v) is 5.04. The Labute approximate surface area is 167 Å². The molecular weight excluding hydrogens is 362 g/mol. The van der Waals surface area contributed by atoms with E-state index in [4.69, 9.17) is 22.3 Å². The standard InChI is InChI=1S/C20H32ClN5O/c1-3-23-20(25(2)14-16-7-4-9-18(21)13-16)24-10-6-12-26-11-5-8-17(15-26)19(22)27/h4,7,9,13,17H,3,5-6,8,10-12,14-15H2,1-2H3,(H2,22,27)(H,23,24). The molecule has 0 spiro atoms. The Morgan fingerprint density at radius 3 is 3.00 bits per heavy atom. The highest BCUT2D eigenvalue weighted by atomic mass is 35.5. The summed E-state index contributed by atoms with van der Waals surface area (Å²) in [7, 11) is 2.03. The summed E-state index contributed by atoms with van der Waals surface area (Å²) >= 11 is 6.08. The van der Waals surface area contributed by atoms with E-state index in [0.29, 0.717) is 0 Å².